The third kappa shape index (κ3) is 4.55. The fraction of sp³-hybridized carbons (Fsp3) is 0.667. The lowest BCUT2D eigenvalue weighted by molar-refractivity contribution is -0.142. The maximum Gasteiger partial charge on any atom is 0.256 e. The number of amides is 1. The first kappa shape index (κ1) is 19.8. The van der Waals surface area contributed by atoms with E-state index in [9.17, 15) is 4.79 Å². The lowest BCUT2D eigenvalue weighted by atomic mass is 9.79. The minimum Gasteiger partial charge on any atom is -0.490 e. The van der Waals surface area contributed by atoms with Crippen molar-refractivity contribution < 1.29 is 14.3 Å². The number of hydrogen-bond acceptors (Lipinski definition) is 3. The fourth-order valence-electron chi connectivity index (χ4n) is 3.49. The van der Waals surface area contributed by atoms with Crippen molar-refractivity contribution in [2.75, 3.05) is 12.4 Å². The number of ether oxygens (including phenoxy) is 2. The first-order valence-electron chi connectivity index (χ1n) is 9.45. The minimum absolute atomic E-state index is 0.0312. The average molecular weight is 347 g/mol. The first-order chi connectivity index (χ1) is 11.8. The highest BCUT2D eigenvalue weighted by Gasteiger charge is 2.41. The topological polar surface area (TPSA) is 47.6 Å². The highest BCUT2D eigenvalue weighted by atomic mass is 16.5. The molecule has 4 nitrogen and oxygen atoms in total. The van der Waals surface area contributed by atoms with E-state index in [2.05, 4.69) is 26.1 Å². The molecule has 1 amide bonds. The van der Waals surface area contributed by atoms with Crippen LogP contribution in [0.4, 0.5) is 5.69 Å². The standard InChI is InChI=1S/C21H33NO3/c1-7-17(5)25-19-15(3)12-18(13-16(19)4)22-20(23)21(24-6)10-8-14(2)9-11-21/h12-14,17H,7-11H2,1-6H3,(H,22,23). The van der Waals surface area contributed by atoms with Crippen LogP contribution >= 0.6 is 0 Å². The Kier molecular flexibility index (Phi) is 6.50. The molecule has 0 heterocycles. The van der Waals surface area contributed by atoms with Gasteiger partial charge in [0.05, 0.1) is 6.10 Å². The van der Waals surface area contributed by atoms with Crippen LogP contribution < -0.4 is 10.1 Å². The Labute approximate surface area is 152 Å². The Morgan fingerprint density at radius 2 is 1.84 bits per heavy atom. The van der Waals surface area contributed by atoms with Gasteiger partial charge in [0.1, 0.15) is 11.4 Å². The zero-order valence-electron chi connectivity index (χ0n) is 16.6. The van der Waals surface area contributed by atoms with E-state index in [1.807, 2.05) is 26.0 Å². The fourth-order valence-corrected chi connectivity index (χ4v) is 3.49. The number of carbonyl (C=O) groups is 1. The van der Waals surface area contributed by atoms with E-state index in [0.717, 1.165) is 54.7 Å². The molecule has 140 valence electrons. The van der Waals surface area contributed by atoms with Gasteiger partial charge in [0.15, 0.2) is 0 Å². The summed E-state index contributed by atoms with van der Waals surface area (Å²) in [6.45, 7) is 10.5. The molecule has 1 aliphatic rings. The number of aryl methyl sites for hydroxylation is 2. The Hall–Kier alpha value is -1.55. The Bertz CT molecular complexity index is 580. The van der Waals surface area contributed by atoms with Crippen molar-refractivity contribution in [1.29, 1.82) is 0 Å². The summed E-state index contributed by atoms with van der Waals surface area (Å²) < 4.78 is 11.7. The second kappa shape index (κ2) is 8.22. The van der Waals surface area contributed by atoms with Crippen LogP contribution in [-0.2, 0) is 9.53 Å². The molecule has 2 rings (SSSR count). The van der Waals surface area contributed by atoms with E-state index < -0.39 is 5.60 Å². The summed E-state index contributed by atoms with van der Waals surface area (Å²) in [5, 5.41) is 3.07. The molecule has 1 unspecified atom stereocenters. The molecule has 0 spiro atoms. The van der Waals surface area contributed by atoms with Crippen molar-refractivity contribution in [3.8, 4) is 5.75 Å². The molecule has 0 bridgehead atoms. The van der Waals surface area contributed by atoms with Crippen molar-refractivity contribution in [3.05, 3.63) is 23.3 Å². The number of carbonyl (C=O) groups excluding carboxylic acids is 1. The number of methoxy groups -OCH3 is 1. The van der Waals surface area contributed by atoms with E-state index >= 15 is 0 Å². The lowest BCUT2D eigenvalue weighted by Gasteiger charge is -2.36. The molecule has 4 heteroatoms. The molecular formula is C21H33NO3. The van der Waals surface area contributed by atoms with Gasteiger partial charge in [0.25, 0.3) is 5.91 Å². The summed E-state index contributed by atoms with van der Waals surface area (Å²) in [6, 6.07) is 3.97. The summed E-state index contributed by atoms with van der Waals surface area (Å²) in [5.41, 5.74) is 2.20. The maximum absolute atomic E-state index is 12.9. The van der Waals surface area contributed by atoms with Crippen molar-refractivity contribution in [3.63, 3.8) is 0 Å². The van der Waals surface area contributed by atoms with Crippen LogP contribution in [0.15, 0.2) is 12.1 Å². The molecule has 0 aliphatic heterocycles. The normalized spacial score (nSPS) is 24.6. The van der Waals surface area contributed by atoms with Gasteiger partial charge in [0.2, 0.25) is 0 Å². The predicted molar refractivity (Wildman–Crippen MR) is 102 cm³/mol. The smallest absolute Gasteiger partial charge is 0.256 e. The van der Waals surface area contributed by atoms with Gasteiger partial charge < -0.3 is 14.8 Å². The zero-order valence-corrected chi connectivity index (χ0v) is 16.6. The number of anilines is 1. The molecule has 0 aromatic heterocycles. The zero-order chi connectivity index (χ0) is 18.6. The maximum atomic E-state index is 12.9. The SMILES string of the molecule is CCC(C)Oc1c(C)cc(NC(=O)C2(OC)CCC(C)CC2)cc1C. The highest BCUT2D eigenvalue weighted by Crippen LogP contribution is 2.36. The van der Waals surface area contributed by atoms with Gasteiger partial charge in [-0.05, 0) is 82.1 Å². The summed E-state index contributed by atoms with van der Waals surface area (Å²) >= 11 is 0. The monoisotopic (exact) mass is 347 g/mol. The third-order valence-corrected chi connectivity index (χ3v) is 5.50. The van der Waals surface area contributed by atoms with Crippen molar-refractivity contribution in [2.45, 2.75) is 78.4 Å². The van der Waals surface area contributed by atoms with E-state index in [1.54, 1.807) is 7.11 Å². The molecular weight excluding hydrogens is 314 g/mol. The third-order valence-electron chi connectivity index (χ3n) is 5.50. The number of rotatable bonds is 6. The quantitative estimate of drug-likeness (QED) is 0.786. The molecule has 1 fully saturated rings. The number of hydrogen-bond donors (Lipinski definition) is 1. The van der Waals surface area contributed by atoms with Crippen LogP contribution in [0.3, 0.4) is 0 Å². The molecule has 1 aliphatic carbocycles. The summed E-state index contributed by atoms with van der Waals surface area (Å²) in [7, 11) is 1.65. The molecule has 1 N–H and O–H groups in total. The number of benzene rings is 1. The first-order valence-corrected chi connectivity index (χ1v) is 9.45. The van der Waals surface area contributed by atoms with Crippen LogP contribution in [-0.4, -0.2) is 24.7 Å². The van der Waals surface area contributed by atoms with Crippen LogP contribution in [0, 0.1) is 19.8 Å². The lowest BCUT2D eigenvalue weighted by Crippen LogP contribution is -2.47. The van der Waals surface area contributed by atoms with E-state index in [0.29, 0.717) is 5.92 Å². The van der Waals surface area contributed by atoms with Crippen molar-refractivity contribution in [2.24, 2.45) is 5.92 Å². The average Bonchev–Trinajstić information content (AvgIpc) is 2.58. The predicted octanol–water partition coefficient (Wildman–Crippen LogP) is 5.01. The van der Waals surface area contributed by atoms with Crippen molar-refractivity contribution in [1.82, 2.24) is 0 Å². The van der Waals surface area contributed by atoms with Gasteiger partial charge in [-0.15, -0.1) is 0 Å². The van der Waals surface area contributed by atoms with E-state index in [-0.39, 0.29) is 12.0 Å². The van der Waals surface area contributed by atoms with Crippen LogP contribution in [0.25, 0.3) is 0 Å². The Balaban J connectivity index is 2.15. The summed E-state index contributed by atoms with van der Waals surface area (Å²) in [5.74, 6) is 1.55. The van der Waals surface area contributed by atoms with Crippen LogP contribution in [0.1, 0.15) is 64.0 Å². The van der Waals surface area contributed by atoms with Gasteiger partial charge in [-0.1, -0.05) is 13.8 Å². The van der Waals surface area contributed by atoms with Gasteiger partial charge in [-0.25, -0.2) is 0 Å². The summed E-state index contributed by atoms with van der Waals surface area (Å²) in [6.07, 6.45) is 4.76. The van der Waals surface area contributed by atoms with Gasteiger partial charge in [-0.3, -0.25) is 4.79 Å². The Morgan fingerprint density at radius 1 is 1.28 bits per heavy atom. The van der Waals surface area contributed by atoms with Crippen LogP contribution in [0.2, 0.25) is 0 Å². The van der Waals surface area contributed by atoms with E-state index in [4.69, 9.17) is 9.47 Å². The van der Waals surface area contributed by atoms with E-state index in [1.165, 1.54) is 0 Å². The minimum atomic E-state index is -0.694. The van der Waals surface area contributed by atoms with Gasteiger partial charge in [-0.2, -0.15) is 0 Å². The van der Waals surface area contributed by atoms with Gasteiger partial charge in [0, 0.05) is 12.8 Å². The largest absolute Gasteiger partial charge is 0.490 e. The second-order valence-corrected chi connectivity index (χ2v) is 7.61. The second-order valence-electron chi connectivity index (χ2n) is 7.61. The summed E-state index contributed by atoms with van der Waals surface area (Å²) in [4.78, 5) is 12.9. The molecule has 1 aromatic carbocycles. The number of nitrogens with one attached hydrogen (secondary N) is 1. The Morgan fingerprint density at radius 3 is 2.32 bits per heavy atom. The molecule has 0 radical (unpaired) electrons. The molecule has 1 atom stereocenters. The molecule has 25 heavy (non-hydrogen) atoms. The molecule has 1 saturated carbocycles. The van der Waals surface area contributed by atoms with Crippen molar-refractivity contribution >= 4 is 11.6 Å². The molecule has 1 aromatic rings. The van der Waals surface area contributed by atoms with Crippen LogP contribution in [0.5, 0.6) is 5.75 Å². The molecule has 0 saturated heterocycles. The highest BCUT2D eigenvalue weighted by molar-refractivity contribution is 5.97. The van der Waals surface area contributed by atoms with Gasteiger partial charge >= 0.3 is 0 Å².